The van der Waals surface area contributed by atoms with Crippen LogP contribution in [0.1, 0.15) is 5.56 Å². The first-order valence-corrected chi connectivity index (χ1v) is 7.22. The summed E-state index contributed by atoms with van der Waals surface area (Å²) in [5.41, 5.74) is 3.70. The number of hydrogen-bond acceptors (Lipinski definition) is 3. The first-order chi connectivity index (χ1) is 9.38. The van der Waals surface area contributed by atoms with Gasteiger partial charge in [-0.3, -0.25) is 0 Å². The molecule has 1 aliphatic rings. The fraction of sp³-hybridized carbons (Fsp3) is 0.125. The molecular weight excluding hydrogens is 254 g/mol. The summed E-state index contributed by atoms with van der Waals surface area (Å²) in [4.78, 5) is 2.33. The van der Waals surface area contributed by atoms with Crippen LogP contribution in [0, 0.1) is 0 Å². The molecule has 1 aliphatic heterocycles. The molecule has 0 aliphatic carbocycles. The molecule has 0 bridgehead atoms. The minimum Gasteiger partial charge on any atom is -0.497 e. The average Bonchev–Trinajstić information content (AvgIpc) is 2.98. The first-order valence-electron chi connectivity index (χ1n) is 6.17. The zero-order valence-electron chi connectivity index (χ0n) is 10.7. The summed E-state index contributed by atoms with van der Waals surface area (Å²) < 4.78 is 5.21. The van der Waals surface area contributed by atoms with Gasteiger partial charge in [-0.25, -0.2) is 0 Å². The van der Waals surface area contributed by atoms with Crippen molar-refractivity contribution in [3.05, 3.63) is 65.6 Å². The second-order valence-electron chi connectivity index (χ2n) is 4.29. The molecule has 1 heterocycles. The molecule has 2 nitrogen and oxygen atoms in total. The van der Waals surface area contributed by atoms with Gasteiger partial charge < -0.3 is 9.64 Å². The summed E-state index contributed by atoms with van der Waals surface area (Å²) >= 11 is 1.82. The zero-order chi connectivity index (χ0) is 13.1. The maximum atomic E-state index is 5.21. The Morgan fingerprint density at radius 1 is 1.00 bits per heavy atom. The van der Waals surface area contributed by atoms with Gasteiger partial charge in [0.1, 0.15) is 5.75 Å². The van der Waals surface area contributed by atoms with E-state index in [0.29, 0.717) is 0 Å². The highest BCUT2D eigenvalue weighted by molar-refractivity contribution is 8.02. The van der Waals surface area contributed by atoms with Gasteiger partial charge in [0, 0.05) is 5.69 Å². The summed E-state index contributed by atoms with van der Waals surface area (Å²) in [7, 11) is 1.69. The largest absolute Gasteiger partial charge is 0.497 e. The van der Waals surface area contributed by atoms with Crippen LogP contribution in [0.15, 0.2) is 60.0 Å². The van der Waals surface area contributed by atoms with Crippen molar-refractivity contribution < 1.29 is 4.74 Å². The molecule has 0 aromatic heterocycles. The fourth-order valence-electron chi connectivity index (χ4n) is 2.13. The van der Waals surface area contributed by atoms with Crippen LogP contribution in [0.2, 0.25) is 0 Å². The molecule has 0 atom stereocenters. The van der Waals surface area contributed by atoms with E-state index in [2.05, 4.69) is 46.7 Å². The summed E-state index contributed by atoms with van der Waals surface area (Å²) in [5, 5.41) is 2.22. The number of nitrogens with zero attached hydrogens (tertiary/aromatic N) is 1. The Hall–Kier alpha value is -1.87. The lowest BCUT2D eigenvalue weighted by molar-refractivity contribution is 0.415. The highest BCUT2D eigenvalue weighted by atomic mass is 32.2. The van der Waals surface area contributed by atoms with Crippen LogP contribution in [-0.2, 0) is 0 Å². The molecule has 2 aromatic carbocycles. The van der Waals surface area contributed by atoms with E-state index < -0.39 is 0 Å². The number of para-hydroxylation sites is 1. The predicted octanol–water partition coefficient (Wildman–Crippen LogP) is 4.20. The SMILES string of the molecule is COc1ccc(C2=CSCN2c2ccccc2)cc1. The molecule has 0 N–H and O–H groups in total. The number of rotatable bonds is 3. The van der Waals surface area contributed by atoms with E-state index in [1.165, 1.54) is 16.9 Å². The molecule has 0 saturated carbocycles. The van der Waals surface area contributed by atoms with E-state index in [0.717, 1.165) is 11.6 Å². The van der Waals surface area contributed by atoms with Gasteiger partial charge in [0.15, 0.2) is 0 Å². The Kier molecular flexibility index (Phi) is 3.47. The monoisotopic (exact) mass is 269 g/mol. The van der Waals surface area contributed by atoms with Crippen molar-refractivity contribution in [3.8, 4) is 5.75 Å². The lowest BCUT2D eigenvalue weighted by Crippen LogP contribution is -2.16. The Balaban J connectivity index is 1.90. The first kappa shape index (κ1) is 12.2. The van der Waals surface area contributed by atoms with Crippen LogP contribution in [0.3, 0.4) is 0 Å². The molecule has 0 radical (unpaired) electrons. The van der Waals surface area contributed by atoms with Crippen molar-refractivity contribution in [2.45, 2.75) is 0 Å². The summed E-state index contributed by atoms with van der Waals surface area (Å²) in [6.45, 7) is 0. The van der Waals surface area contributed by atoms with Crippen molar-refractivity contribution >= 4 is 23.1 Å². The normalized spacial score (nSPS) is 14.4. The minimum atomic E-state index is 0.890. The lowest BCUT2D eigenvalue weighted by atomic mass is 10.1. The second-order valence-corrected chi connectivity index (χ2v) is 5.12. The highest BCUT2D eigenvalue weighted by Gasteiger charge is 2.18. The minimum absolute atomic E-state index is 0.890. The Labute approximate surface area is 117 Å². The summed E-state index contributed by atoms with van der Waals surface area (Å²) in [5.74, 6) is 1.85. The molecule has 2 aromatic rings. The molecule has 3 rings (SSSR count). The third-order valence-electron chi connectivity index (χ3n) is 3.14. The number of anilines is 1. The maximum absolute atomic E-state index is 5.21. The molecule has 0 spiro atoms. The second kappa shape index (κ2) is 5.41. The number of thioether (sulfide) groups is 1. The summed E-state index contributed by atoms with van der Waals surface area (Å²) in [6, 6.07) is 18.7. The predicted molar refractivity (Wildman–Crippen MR) is 82.4 cm³/mol. The lowest BCUT2D eigenvalue weighted by Gasteiger charge is -2.22. The van der Waals surface area contributed by atoms with Gasteiger partial charge in [-0.05, 0) is 47.4 Å². The standard InChI is InChI=1S/C16H15NOS/c1-18-15-9-7-13(8-10-15)16-11-19-12-17(16)14-5-3-2-4-6-14/h2-11H,12H2,1H3. The van der Waals surface area contributed by atoms with Crippen molar-refractivity contribution in [2.75, 3.05) is 17.9 Å². The van der Waals surface area contributed by atoms with Crippen molar-refractivity contribution in [3.63, 3.8) is 0 Å². The number of ether oxygens (including phenoxy) is 1. The number of methoxy groups -OCH3 is 1. The van der Waals surface area contributed by atoms with E-state index in [-0.39, 0.29) is 0 Å². The van der Waals surface area contributed by atoms with Gasteiger partial charge >= 0.3 is 0 Å². The molecule has 19 heavy (non-hydrogen) atoms. The topological polar surface area (TPSA) is 12.5 Å². The van der Waals surface area contributed by atoms with Crippen LogP contribution in [0.5, 0.6) is 5.75 Å². The third kappa shape index (κ3) is 2.47. The third-order valence-corrected chi connectivity index (χ3v) is 3.94. The van der Waals surface area contributed by atoms with Crippen LogP contribution >= 0.6 is 11.8 Å². The van der Waals surface area contributed by atoms with Gasteiger partial charge in [-0.1, -0.05) is 18.2 Å². The van der Waals surface area contributed by atoms with E-state index in [1.807, 2.05) is 30.0 Å². The summed E-state index contributed by atoms with van der Waals surface area (Å²) in [6.07, 6.45) is 0. The Bertz CT molecular complexity index is 577. The number of benzene rings is 2. The van der Waals surface area contributed by atoms with Gasteiger partial charge in [-0.2, -0.15) is 0 Å². The molecule has 0 unspecified atom stereocenters. The molecule has 0 fully saturated rings. The Morgan fingerprint density at radius 3 is 2.42 bits per heavy atom. The molecule has 0 amide bonds. The smallest absolute Gasteiger partial charge is 0.118 e. The Morgan fingerprint density at radius 2 is 1.74 bits per heavy atom. The van der Waals surface area contributed by atoms with Crippen molar-refractivity contribution in [1.82, 2.24) is 0 Å². The fourth-order valence-corrected chi connectivity index (χ4v) is 3.06. The van der Waals surface area contributed by atoms with Gasteiger partial charge in [-0.15, -0.1) is 11.8 Å². The van der Waals surface area contributed by atoms with Gasteiger partial charge in [0.05, 0.1) is 18.7 Å². The van der Waals surface area contributed by atoms with E-state index in [1.54, 1.807) is 7.11 Å². The van der Waals surface area contributed by atoms with Gasteiger partial charge in [0.25, 0.3) is 0 Å². The van der Waals surface area contributed by atoms with Crippen LogP contribution in [0.25, 0.3) is 5.70 Å². The van der Waals surface area contributed by atoms with Crippen LogP contribution in [0.4, 0.5) is 5.69 Å². The maximum Gasteiger partial charge on any atom is 0.118 e. The molecule has 96 valence electrons. The van der Waals surface area contributed by atoms with Crippen molar-refractivity contribution in [1.29, 1.82) is 0 Å². The van der Waals surface area contributed by atoms with Gasteiger partial charge in [0.2, 0.25) is 0 Å². The van der Waals surface area contributed by atoms with E-state index >= 15 is 0 Å². The molecule has 3 heteroatoms. The van der Waals surface area contributed by atoms with Crippen LogP contribution < -0.4 is 9.64 Å². The highest BCUT2D eigenvalue weighted by Crippen LogP contribution is 2.35. The van der Waals surface area contributed by atoms with Crippen molar-refractivity contribution in [2.24, 2.45) is 0 Å². The zero-order valence-corrected chi connectivity index (χ0v) is 11.6. The average molecular weight is 269 g/mol. The van der Waals surface area contributed by atoms with E-state index in [4.69, 9.17) is 4.74 Å². The molecule has 0 saturated heterocycles. The quantitative estimate of drug-likeness (QED) is 0.828. The van der Waals surface area contributed by atoms with E-state index in [9.17, 15) is 0 Å². The number of hydrogen-bond donors (Lipinski definition) is 0. The van der Waals surface area contributed by atoms with Crippen LogP contribution in [-0.4, -0.2) is 13.0 Å². The molecular formula is C16H15NOS.